The van der Waals surface area contributed by atoms with E-state index in [1.165, 1.54) is 0 Å². The quantitative estimate of drug-likeness (QED) is 0.533. The zero-order valence-electron chi connectivity index (χ0n) is 16.6. The lowest BCUT2D eigenvalue weighted by Crippen LogP contribution is -2.38. The van der Waals surface area contributed by atoms with Gasteiger partial charge in [-0.1, -0.05) is 18.2 Å². The first kappa shape index (κ1) is 18.8. The van der Waals surface area contributed by atoms with Crippen molar-refractivity contribution < 1.29 is 4.42 Å². The van der Waals surface area contributed by atoms with Gasteiger partial charge in [-0.25, -0.2) is 4.68 Å². The summed E-state index contributed by atoms with van der Waals surface area (Å²) in [6.07, 6.45) is 0. The minimum atomic E-state index is 0.0242. The molecule has 2 N–H and O–H groups in total. The maximum absolute atomic E-state index is 5.69. The molecular formula is C21H27N5O. The lowest BCUT2D eigenvalue weighted by Gasteiger charge is -2.18. The molecule has 0 saturated heterocycles. The Morgan fingerprint density at radius 2 is 1.96 bits per heavy atom. The predicted octanol–water partition coefficient (Wildman–Crippen LogP) is 3.82. The number of furan rings is 1. The molecule has 0 aliphatic rings. The van der Waals surface area contributed by atoms with Gasteiger partial charge < -0.3 is 15.1 Å². The number of nitrogens with zero attached hydrogens (tertiary/aromatic N) is 3. The fraction of sp³-hybridized carbons (Fsp3) is 0.333. The molecule has 2 aromatic heterocycles. The summed E-state index contributed by atoms with van der Waals surface area (Å²) in [5.74, 6) is 2.51. The van der Waals surface area contributed by atoms with Crippen LogP contribution in [0.1, 0.15) is 41.4 Å². The highest BCUT2D eigenvalue weighted by atomic mass is 16.3. The Hall–Kier alpha value is -3.02. The van der Waals surface area contributed by atoms with Crippen LogP contribution < -0.4 is 10.6 Å². The van der Waals surface area contributed by atoms with Crippen molar-refractivity contribution in [2.45, 2.75) is 40.3 Å². The molecule has 27 heavy (non-hydrogen) atoms. The summed E-state index contributed by atoms with van der Waals surface area (Å²) >= 11 is 0. The van der Waals surface area contributed by atoms with E-state index in [9.17, 15) is 0 Å². The molecule has 0 amide bonds. The summed E-state index contributed by atoms with van der Waals surface area (Å²) in [6, 6.07) is 14.3. The average Bonchev–Trinajstić information content (AvgIpc) is 3.23. The van der Waals surface area contributed by atoms with Gasteiger partial charge in [0.2, 0.25) is 0 Å². The van der Waals surface area contributed by atoms with Crippen molar-refractivity contribution in [3.63, 3.8) is 0 Å². The molecule has 0 fully saturated rings. The third-order valence-corrected chi connectivity index (χ3v) is 4.44. The number of nitrogens with one attached hydrogen (secondary N) is 2. The third kappa shape index (κ3) is 4.39. The van der Waals surface area contributed by atoms with E-state index >= 15 is 0 Å². The maximum Gasteiger partial charge on any atom is 0.191 e. The molecule has 2 heterocycles. The predicted molar refractivity (Wildman–Crippen MR) is 108 cm³/mol. The van der Waals surface area contributed by atoms with Gasteiger partial charge in [-0.15, -0.1) is 0 Å². The molecule has 0 bridgehead atoms. The second-order valence-corrected chi connectivity index (χ2v) is 6.71. The Kier molecular flexibility index (Phi) is 5.64. The number of aliphatic imine (C=N–C) groups is 1. The van der Waals surface area contributed by atoms with Crippen LogP contribution in [-0.2, 0) is 6.54 Å². The molecule has 0 aliphatic heterocycles. The van der Waals surface area contributed by atoms with E-state index in [-0.39, 0.29) is 6.04 Å². The molecule has 6 heteroatoms. The first-order chi connectivity index (χ1) is 13.0. The standard InChI is InChI=1S/C21H27N5O/c1-14-12-15(2)26(25-14)19-9-7-6-8-18(19)13-23-21(22-5)24-17(4)20-11-10-16(3)27-20/h6-12,17H,13H2,1-5H3,(H2,22,23,24). The zero-order valence-corrected chi connectivity index (χ0v) is 16.6. The molecule has 0 radical (unpaired) electrons. The molecule has 142 valence electrons. The third-order valence-electron chi connectivity index (χ3n) is 4.44. The summed E-state index contributed by atoms with van der Waals surface area (Å²) in [7, 11) is 1.77. The SMILES string of the molecule is CN=C(NCc1ccccc1-n1nc(C)cc1C)NC(C)c1ccc(C)o1. The van der Waals surface area contributed by atoms with Crippen LogP contribution in [0.15, 0.2) is 51.9 Å². The lowest BCUT2D eigenvalue weighted by atomic mass is 10.1. The molecular weight excluding hydrogens is 338 g/mol. The van der Waals surface area contributed by atoms with Crippen molar-refractivity contribution in [1.29, 1.82) is 0 Å². The van der Waals surface area contributed by atoms with E-state index < -0.39 is 0 Å². The van der Waals surface area contributed by atoms with Crippen LogP contribution >= 0.6 is 0 Å². The monoisotopic (exact) mass is 365 g/mol. The van der Waals surface area contributed by atoms with Gasteiger partial charge in [0.15, 0.2) is 5.96 Å². The first-order valence-electron chi connectivity index (χ1n) is 9.13. The van der Waals surface area contributed by atoms with Gasteiger partial charge in [0.05, 0.1) is 17.4 Å². The maximum atomic E-state index is 5.69. The fourth-order valence-corrected chi connectivity index (χ4v) is 3.08. The number of aryl methyl sites for hydroxylation is 3. The van der Waals surface area contributed by atoms with E-state index in [1.807, 2.05) is 42.8 Å². The van der Waals surface area contributed by atoms with E-state index in [2.05, 4.69) is 52.8 Å². The second kappa shape index (κ2) is 8.12. The van der Waals surface area contributed by atoms with Crippen LogP contribution in [0.25, 0.3) is 5.69 Å². The Morgan fingerprint density at radius 1 is 1.19 bits per heavy atom. The van der Waals surface area contributed by atoms with Crippen LogP contribution in [0.4, 0.5) is 0 Å². The van der Waals surface area contributed by atoms with Gasteiger partial charge in [0, 0.05) is 19.3 Å². The fourth-order valence-electron chi connectivity index (χ4n) is 3.08. The summed E-state index contributed by atoms with van der Waals surface area (Å²) < 4.78 is 7.67. The van der Waals surface area contributed by atoms with Gasteiger partial charge >= 0.3 is 0 Å². The summed E-state index contributed by atoms with van der Waals surface area (Å²) in [4.78, 5) is 4.33. The van der Waals surface area contributed by atoms with Crippen molar-refractivity contribution in [2.24, 2.45) is 4.99 Å². The molecule has 1 aromatic carbocycles. The second-order valence-electron chi connectivity index (χ2n) is 6.71. The van der Waals surface area contributed by atoms with E-state index in [0.29, 0.717) is 6.54 Å². The Labute approximate surface area is 160 Å². The van der Waals surface area contributed by atoms with Gasteiger partial charge in [-0.3, -0.25) is 4.99 Å². The zero-order chi connectivity index (χ0) is 19.4. The van der Waals surface area contributed by atoms with Crippen LogP contribution in [0.2, 0.25) is 0 Å². The molecule has 6 nitrogen and oxygen atoms in total. The average molecular weight is 365 g/mol. The molecule has 1 atom stereocenters. The van der Waals surface area contributed by atoms with Crippen molar-refractivity contribution in [1.82, 2.24) is 20.4 Å². The van der Waals surface area contributed by atoms with Crippen LogP contribution in [0.3, 0.4) is 0 Å². The molecule has 3 rings (SSSR count). The van der Waals surface area contributed by atoms with Crippen LogP contribution in [0.5, 0.6) is 0 Å². The first-order valence-corrected chi connectivity index (χ1v) is 9.13. The smallest absolute Gasteiger partial charge is 0.191 e. The molecule has 0 saturated carbocycles. The number of rotatable bonds is 5. The van der Waals surface area contributed by atoms with Crippen molar-refractivity contribution in [3.8, 4) is 5.69 Å². The number of para-hydroxylation sites is 1. The van der Waals surface area contributed by atoms with Crippen LogP contribution in [0, 0.1) is 20.8 Å². The van der Waals surface area contributed by atoms with Crippen LogP contribution in [-0.4, -0.2) is 22.8 Å². The summed E-state index contributed by atoms with van der Waals surface area (Å²) in [5, 5.41) is 11.4. The largest absolute Gasteiger partial charge is 0.464 e. The number of guanidine groups is 1. The highest BCUT2D eigenvalue weighted by Gasteiger charge is 2.13. The molecule has 1 unspecified atom stereocenters. The van der Waals surface area contributed by atoms with Crippen molar-refractivity contribution in [3.05, 3.63) is 70.9 Å². The van der Waals surface area contributed by atoms with Gasteiger partial charge in [-0.2, -0.15) is 5.10 Å². The van der Waals surface area contributed by atoms with E-state index in [4.69, 9.17) is 4.42 Å². The Morgan fingerprint density at radius 3 is 2.59 bits per heavy atom. The highest BCUT2D eigenvalue weighted by Crippen LogP contribution is 2.18. The number of benzene rings is 1. The normalized spacial score (nSPS) is 12.9. The summed E-state index contributed by atoms with van der Waals surface area (Å²) in [6.45, 7) is 8.71. The van der Waals surface area contributed by atoms with E-state index in [1.54, 1.807) is 7.05 Å². The van der Waals surface area contributed by atoms with Gasteiger partial charge in [-0.05, 0) is 57.5 Å². The molecule has 0 aliphatic carbocycles. The van der Waals surface area contributed by atoms with Gasteiger partial charge in [0.25, 0.3) is 0 Å². The van der Waals surface area contributed by atoms with Gasteiger partial charge in [0.1, 0.15) is 11.5 Å². The number of aromatic nitrogens is 2. The molecule has 3 aromatic rings. The number of hydrogen-bond donors (Lipinski definition) is 2. The lowest BCUT2D eigenvalue weighted by molar-refractivity contribution is 0.441. The number of hydrogen-bond acceptors (Lipinski definition) is 3. The van der Waals surface area contributed by atoms with E-state index in [0.717, 1.165) is 40.1 Å². The van der Waals surface area contributed by atoms with Crippen molar-refractivity contribution >= 4 is 5.96 Å². The topological polar surface area (TPSA) is 67.4 Å². The van der Waals surface area contributed by atoms with Crippen molar-refractivity contribution in [2.75, 3.05) is 7.05 Å². The Balaban J connectivity index is 1.71. The highest BCUT2D eigenvalue weighted by molar-refractivity contribution is 5.80. The Bertz CT molecular complexity index is 938. The summed E-state index contributed by atoms with van der Waals surface area (Å²) in [5.41, 5.74) is 4.34. The minimum absolute atomic E-state index is 0.0242. The molecule has 0 spiro atoms. The minimum Gasteiger partial charge on any atom is -0.464 e.